The molecule has 0 atom stereocenters. The van der Waals surface area contributed by atoms with Crippen molar-refractivity contribution < 1.29 is 0 Å². The van der Waals surface area contributed by atoms with Gasteiger partial charge in [-0.3, -0.25) is 9.78 Å². The molecule has 26 heavy (non-hydrogen) atoms. The van der Waals surface area contributed by atoms with Crippen LogP contribution in [0.1, 0.15) is 10.4 Å². The first-order chi connectivity index (χ1) is 12.6. The van der Waals surface area contributed by atoms with Crippen LogP contribution >= 0.6 is 34.5 Å². The van der Waals surface area contributed by atoms with Crippen molar-refractivity contribution in [2.24, 2.45) is 0 Å². The number of nitrogens with zero attached hydrogens (tertiary/aromatic N) is 3. The number of rotatable bonds is 3. The van der Waals surface area contributed by atoms with E-state index in [0.29, 0.717) is 9.98 Å². The van der Waals surface area contributed by atoms with E-state index in [9.17, 15) is 4.79 Å². The van der Waals surface area contributed by atoms with E-state index in [2.05, 4.69) is 9.97 Å². The molecule has 1 aromatic carbocycles. The molecule has 0 bridgehead atoms. The second kappa shape index (κ2) is 7.03. The van der Waals surface area contributed by atoms with Crippen LogP contribution in [0, 0.1) is 0 Å². The van der Waals surface area contributed by atoms with Crippen molar-refractivity contribution in [3.8, 4) is 11.3 Å². The second-order valence-corrected chi connectivity index (χ2v) is 7.32. The van der Waals surface area contributed by atoms with Crippen molar-refractivity contribution in [2.45, 2.75) is 0 Å². The van der Waals surface area contributed by atoms with E-state index in [-0.39, 0.29) is 10.6 Å². The fourth-order valence-corrected chi connectivity index (χ4v) is 3.85. The Kier molecular flexibility index (Phi) is 4.59. The van der Waals surface area contributed by atoms with Gasteiger partial charge in [0.1, 0.15) is 5.02 Å². The molecular formula is C19H11Cl2N3OS. The van der Waals surface area contributed by atoms with E-state index in [0.717, 1.165) is 21.7 Å². The molecule has 0 saturated heterocycles. The summed E-state index contributed by atoms with van der Waals surface area (Å²) in [6, 6.07) is 11.2. The summed E-state index contributed by atoms with van der Waals surface area (Å²) in [7, 11) is 0. The highest BCUT2D eigenvalue weighted by Crippen LogP contribution is 2.32. The first kappa shape index (κ1) is 17.0. The van der Waals surface area contributed by atoms with Crippen molar-refractivity contribution in [3.63, 3.8) is 0 Å². The van der Waals surface area contributed by atoms with Crippen LogP contribution in [0.15, 0.2) is 59.8 Å². The van der Waals surface area contributed by atoms with Crippen LogP contribution < -0.4 is 5.56 Å². The minimum absolute atomic E-state index is 0.0818. The van der Waals surface area contributed by atoms with Gasteiger partial charge in [-0.05, 0) is 29.8 Å². The molecule has 0 amide bonds. The number of halogens is 2. The van der Waals surface area contributed by atoms with Crippen molar-refractivity contribution in [2.75, 3.05) is 0 Å². The zero-order valence-corrected chi connectivity index (χ0v) is 15.6. The second-order valence-electron chi connectivity index (χ2n) is 5.47. The highest BCUT2D eigenvalue weighted by atomic mass is 35.5. The summed E-state index contributed by atoms with van der Waals surface area (Å²) in [5.41, 5.74) is 2.27. The van der Waals surface area contributed by atoms with Gasteiger partial charge in [-0.2, -0.15) is 0 Å². The number of hydrogen-bond donors (Lipinski definition) is 0. The molecule has 0 radical (unpaired) electrons. The van der Waals surface area contributed by atoms with E-state index >= 15 is 0 Å². The lowest BCUT2D eigenvalue weighted by Gasteiger charge is -2.04. The van der Waals surface area contributed by atoms with Crippen molar-refractivity contribution in [3.05, 3.63) is 85.8 Å². The Bertz CT molecular complexity index is 1170. The zero-order valence-electron chi connectivity index (χ0n) is 13.3. The van der Waals surface area contributed by atoms with Crippen LogP contribution in [0.25, 0.3) is 28.4 Å². The number of fused-ring (bicyclic) bond motifs is 1. The Morgan fingerprint density at radius 1 is 1.04 bits per heavy atom. The van der Waals surface area contributed by atoms with Gasteiger partial charge >= 0.3 is 0 Å². The number of hydrogen-bond acceptors (Lipinski definition) is 4. The van der Waals surface area contributed by atoms with Crippen LogP contribution in [0.5, 0.6) is 0 Å². The number of thiazole rings is 1. The molecule has 0 aliphatic heterocycles. The van der Waals surface area contributed by atoms with Crippen LogP contribution in [0.2, 0.25) is 10.0 Å². The molecule has 3 aromatic heterocycles. The summed E-state index contributed by atoms with van der Waals surface area (Å²) in [6.07, 6.45) is 8.78. The molecular weight excluding hydrogens is 389 g/mol. The van der Waals surface area contributed by atoms with Gasteiger partial charge in [-0.1, -0.05) is 58.8 Å². The highest BCUT2D eigenvalue weighted by molar-refractivity contribution is 7.18. The summed E-state index contributed by atoms with van der Waals surface area (Å²) < 4.78 is 1.54. The molecule has 0 unspecified atom stereocenters. The minimum Gasteiger partial charge on any atom is -0.267 e. The minimum atomic E-state index is -0.293. The Labute approximate surface area is 163 Å². The molecule has 4 nitrogen and oxygen atoms in total. The van der Waals surface area contributed by atoms with Crippen LogP contribution in [0.3, 0.4) is 0 Å². The molecule has 128 valence electrons. The van der Waals surface area contributed by atoms with E-state index < -0.39 is 0 Å². The molecule has 4 aromatic rings. The molecule has 7 heteroatoms. The van der Waals surface area contributed by atoms with Crippen molar-refractivity contribution in [1.82, 2.24) is 14.4 Å². The smallest absolute Gasteiger partial charge is 0.267 e. The molecule has 4 rings (SSSR count). The van der Waals surface area contributed by atoms with Crippen molar-refractivity contribution >= 4 is 51.7 Å². The summed E-state index contributed by atoms with van der Waals surface area (Å²) in [5.74, 6) is 0. The fourth-order valence-electron chi connectivity index (χ4n) is 2.58. The Hall–Kier alpha value is -2.47. The van der Waals surface area contributed by atoms with Gasteiger partial charge in [-0.25, -0.2) is 9.38 Å². The third-order valence-corrected chi connectivity index (χ3v) is 5.31. The van der Waals surface area contributed by atoms with E-state index in [4.69, 9.17) is 23.2 Å². The normalized spacial score (nSPS) is 11.5. The number of benzene rings is 1. The molecule has 0 aliphatic rings. The average Bonchev–Trinajstić information content (AvgIpc) is 3.04. The van der Waals surface area contributed by atoms with Gasteiger partial charge in [-0.15, -0.1) is 0 Å². The van der Waals surface area contributed by atoms with Crippen LogP contribution in [-0.4, -0.2) is 14.4 Å². The molecule has 0 fully saturated rings. The van der Waals surface area contributed by atoms with Crippen molar-refractivity contribution in [1.29, 1.82) is 0 Å². The molecule has 0 N–H and O–H groups in total. The first-order valence-electron chi connectivity index (χ1n) is 7.67. The monoisotopic (exact) mass is 399 g/mol. The van der Waals surface area contributed by atoms with Gasteiger partial charge in [0.15, 0.2) is 4.96 Å². The predicted molar refractivity (Wildman–Crippen MR) is 108 cm³/mol. The lowest BCUT2D eigenvalue weighted by atomic mass is 10.1. The lowest BCUT2D eigenvalue weighted by Crippen LogP contribution is -2.14. The van der Waals surface area contributed by atoms with E-state index in [1.807, 2.05) is 36.4 Å². The largest absolute Gasteiger partial charge is 0.277 e. The highest BCUT2D eigenvalue weighted by Gasteiger charge is 2.16. The van der Waals surface area contributed by atoms with Gasteiger partial charge in [0.2, 0.25) is 0 Å². The summed E-state index contributed by atoms with van der Waals surface area (Å²) >= 11 is 13.4. The van der Waals surface area contributed by atoms with Gasteiger partial charge in [0.05, 0.1) is 16.8 Å². The SMILES string of the molecule is O=c1c(Cl)cnc2sc(/C=C/c3cccnc3)c(-c3ccc(Cl)cc3)n12. The van der Waals surface area contributed by atoms with Crippen LogP contribution in [-0.2, 0) is 0 Å². The first-order valence-corrected chi connectivity index (χ1v) is 9.25. The Morgan fingerprint density at radius 3 is 2.58 bits per heavy atom. The zero-order chi connectivity index (χ0) is 18.1. The summed E-state index contributed by atoms with van der Waals surface area (Å²) in [6.45, 7) is 0. The van der Waals surface area contributed by atoms with Gasteiger partial charge in [0.25, 0.3) is 5.56 Å². The molecule has 3 heterocycles. The quantitative estimate of drug-likeness (QED) is 0.469. The standard InChI is InChI=1S/C19H11Cl2N3OS/c20-14-6-4-13(5-7-14)17-16(8-3-12-2-1-9-22-10-12)26-19-23-11-15(21)18(25)24(17)19/h1-11H/b8-3+. The van der Waals surface area contributed by atoms with E-state index in [1.165, 1.54) is 17.5 Å². The Balaban J connectivity index is 1.96. The predicted octanol–water partition coefficient (Wildman–Crippen LogP) is 5.30. The number of pyridine rings is 1. The van der Waals surface area contributed by atoms with Gasteiger partial charge in [0, 0.05) is 23.0 Å². The number of aromatic nitrogens is 3. The Morgan fingerprint density at radius 2 is 1.85 bits per heavy atom. The maximum Gasteiger partial charge on any atom is 0.277 e. The maximum absolute atomic E-state index is 12.6. The lowest BCUT2D eigenvalue weighted by molar-refractivity contribution is 1.08. The third kappa shape index (κ3) is 3.17. The third-order valence-electron chi connectivity index (χ3n) is 3.77. The fraction of sp³-hybridized carbons (Fsp3) is 0. The summed E-state index contributed by atoms with van der Waals surface area (Å²) in [4.78, 5) is 22.5. The molecule has 0 aliphatic carbocycles. The van der Waals surface area contributed by atoms with Crippen LogP contribution in [0.4, 0.5) is 0 Å². The molecule has 0 spiro atoms. The topological polar surface area (TPSA) is 47.3 Å². The average molecular weight is 400 g/mol. The van der Waals surface area contributed by atoms with Gasteiger partial charge < -0.3 is 0 Å². The molecule has 0 saturated carbocycles. The van der Waals surface area contributed by atoms with E-state index in [1.54, 1.807) is 28.9 Å². The summed E-state index contributed by atoms with van der Waals surface area (Å²) in [5, 5.41) is 0.711. The maximum atomic E-state index is 12.6.